The molecule has 0 unspecified atom stereocenters. The van der Waals surface area contributed by atoms with Crippen molar-refractivity contribution in [2.24, 2.45) is 0 Å². The fraction of sp³-hybridized carbons (Fsp3) is 0.0714. The third-order valence-corrected chi connectivity index (χ3v) is 2.61. The maximum atomic E-state index is 9.19. The Balaban J connectivity index is 2.01. The van der Waals surface area contributed by atoms with E-state index in [4.69, 9.17) is 5.73 Å². The van der Waals surface area contributed by atoms with Gasteiger partial charge in [-0.2, -0.15) is 0 Å². The molecule has 4 heteroatoms. The zero-order chi connectivity index (χ0) is 13.0. The number of nitrogens with one attached hydrogen (secondary N) is 1. The lowest BCUT2D eigenvalue weighted by Crippen LogP contribution is -2.12. The number of nitrogens with two attached hydrogens (primary N) is 1. The Bertz CT molecular complexity index is 549. The summed E-state index contributed by atoms with van der Waals surface area (Å²) in [6.07, 6.45) is 1.64. The van der Waals surface area contributed by atoms with Gasteiger partial charge in [0.25, 0.3) is 0 Å². The Morgan fingerprint density at radius 1 is 1.28 bits per heavy atom. The van der Waals surface area contributed by atoms with Crippen LogP contribution in [0.3, 0.4) is 0 Å². The minimum atomic E-state index is 0.258. The maximum absolute atomic E-state index is 9.19. The van der Waals surface area contributed by atoms with Gasteiger partial charge in [0.15, 0.2) is 0 Å². The number of anilines is 1. The fourth-order valence-electron chi connectivity index (χ4n) is 1.59. The normalized spacial score (nSPS) is 10.0. The molecular weight excluding hydrogens is 226 g/mol. The van der Waals surface area contributed by atoms with Crippen molar-refractivity contribution in [3.05, 3.63) is 60.3 Å². The zero-order valence-electron chi connectivity index (χ0n) is 9.93. The summed E-state index contributed by atoms with van der Waals surface area (Å²) in [6, 6.07) is 10.7. The molecule has 0 aliphatic rings. The Hall–Kier alpha value is -2.49. The van der Waals surface area contributed by atoms with E-state index in [-0.39, 0.29) is 5.75 Å². The van der Waals surface area contributed by atoms with Gasteiger partial charge in [-0.05, 0) is 29.8 Å². The number of pyridine rings is 1. The number of benzene rings is 1. The Labute approximate surface area is 106 Å². The largest absolute Gasteiger partial charge is 0.508 e. The third-order valence-electron chi connectivity index (χ3n) is 2.61. The molecule has 4 nitrogen and oxygen atoms in total. The van der Waals surface area contributed by atoms with Crippen molar-refractivity contribution in [3.8, 4) is 5.75 Å². The van der Waals surface area contributed by atoms with Gasteiger partial charge in [-0.3, -0.25) is 0 Å². The molecule has 0 atom stereocenters. The van der Waals surface area contributed by atoms with Gasteiger partial charge in [0.2, 0.25) is 0 Å². The van der Waals surface area contributed by atoms with E-state index in [2.05, 4.69) is 16.9 Å². The number of nitrogen functional groups attached to an aromatic ring is 1. The molecule has 0 spiro atoms. The highest BCUT2D eigenvalue weighted by Crippen LogP contribution is 2.16. The van der Waals surface area contributed by atoms with Crippen molar-refractivity contribution in [2.75, 3.05) is 5.73 Å². The van der Waals surface area contributed by atoms with Crippen molar-refractivity contribution in [1.29, 1.82) is 0 Å². The van der Waals surface area contributed by atoms with Crippen molar-refractivity contribution < 1.29 is 5.11 Å². The van der Waals surface area contributed by atoms with E-state index in [1.807, 2.05) is 24.3 Å². The number of phenolic OH excluding ortho intramolecular Hbond substituents is 1. The van der Waals surface area contributed by atoms with Crippen LogP contribution in [0.25, 0.3) is 5.70 Å². The van der Waals surface area contributed by atoms with Crippen LogP contribution >= 0.6 is 0 Å². The first-order valence-corrected chi connectivity index (χ1v) is 5.58. The summed E-state index contributed by atoms with van der Waals surface area (Å²) in [4.78, 5) is 4.01. The highest BCUT2D eigenvalue weighted by atomic mass is 16.3. The number of nitrogens with zero attached hydrogens (tertiary/aromatic N) is 1. The van der Waals surface area contributed by atoms with Crippen LogP contribution in [-0.4, -0.2) is 10.1 Å². The predicted octanol–water partition coefficient (Wildman–Crippen LogP) is 2.13. The molecule has 0 saturated carbocycles. The third kappa shape index (κ3) is 2.79. The standard InChI is InChI=1S/C14H15N3O/c1-10(13-3-2-8-16-14(13)15)17-9-11-4-6-12(18)7-5-11/h2-8,17-18H,1,9H2,(H2,15,16). The summed E-state index contributed by atoms with van der Waals surface area (Å²) in [5.74, 6) is 0.717. The minimum absolute atomic E-state index is 0.258. The van der Waals surface area contributed by atoms with E-state index >= 15 is 0 Å². The highest BCUT2D eigenvalue weighted by molar-refractivity contribution is 5.69. The average Bonchev–Trinajstić information content (AvgIpc) is 2.38. The number of phenols is 1. The first-order chi connectivity index (χ1) is 8.66. The van der Waals surface area contributed by atoms with Crippen molar-refractivity contribution >= 4 is 11.5 Å². The van der Waals surface area contributed by atoms with E-state index in [9.17, 15) is 5.11 Å². The molecule has 92 valence electrons. The van der Waals surface area contributed by atoms with Gasteiger partial charge in [0, 0.05) is 24.0 Å². The molecule has 0 saturated heterocycles. The smallest absolute Gasteiger partial charge is 0.132 e. The maximum Gasteiger partial charge on any atom is 0.132 e. The Morgan fingerprint density at radius 3 is 2.67 bits per heavy atom. The molecule has 1 heterocycles. The highest BCUT2D eigenvalue weighted by Gasteiger charge is 2.03. The lowest BCUT2D eigenvalue weighted by Gasteiger charge is -2.11. The summed E-state index contributed by atoms with van der Waals surface area (Å²) in [7, 11) is 0. The molecular formula is C14H15N3O. The fourth-order valence-corrected chi connectivity index (χ4v) is 1.59. The molecule has 1 aromatic heterocycles. The number of aromatic nitrogens is 1. The van der Waals surface area contributed by atoms with Crippen molar-refractivity contribution in [2.45, 2.75) is 6.54 Å². The predicted molar refractivity (Wildman–Crippen MR) is 72.6 cm³/mol. The first kappa shape index (κ1) is 12.0. The summed E-state index contributed by atoms with van der Waals surface area (Å²) in [5, 5.41) is 12.4. The number of rotatable bonds is 4. The molecule has 4 N–H and O–H groups in total. The Morgan fingerprint density at radius 2 is 2.00 bits per heavy atom. The summed E-state index contributed by atoms with van der Waals surface area (Å²) in [6.45, 7) is 4.56. The average molecular weight is 241 g/mol. The van der Waals surface area contributed by atoms with Gasteiger partial charge < -0.3 is 16.2 Å². The first-order valence-electron chi connectivity index (χ1n) is 5.58. The lowest BCUT2D eigenvalue weighted by molar-refractivity contribution is 0.475. The molecule has 0 fully saturated rings. The van der Waals surface area contributed by atoms with Crippen LogP contribution in [0.4, 0.5) is 5.82 Å². The van der Waals surface area contributed by atoms with Crippen molar-refractivity contribution in [1.82, 2.24) is 10.3 Å². The van der Waals surface area contributed by atoms with Crippen LogP contribution in [0.2, 0.25) is 0 Å². The van der Waals surface area contributed by atoms with E-state index in [1.165, 1.54) is 0 Å². The van der Waals surface area contributed by atoms with Gasteiger partial charge in [-0.1, -0.05) is 18.7 Å². The van der Waals surface area contributed by atoms with Crippen LogP contribution in [0, 0.1) is 0 Å². The molecule has 2 rings (SSSR count). The lowest BCUT2D eigenvalue weighted by atomic mass is 10.2. The van der Waals surface area contributed by atoms with Crippen LogP contribution in [-0.2, 0) is 6.54 Å². The van der Waals surface area contributed by atoms with Crippen LogP contribution in [0.1, 0.15) is 11.1 Å². The number of hydrogen-bond acceptors (Lipinski definition) is 4. The van der Waals surface area contributed by atoms with Gasteiger partial charge >= 0.3 is 0 Å². The van der Waals surface area contributed by atoms with Crippen LogP contribution in [0.15, 0.2) is 49.2 Å². The molecule has 0 aliphatic carbocycles. The van der Waals surface area contributed by atoms with Crippen LogP contribution < -0.4 is 11.1 Å². The second-order valence-corrected chi connectivity index (χ2v) is 3.93. The van der Waals surface area contributed by atoms with Crippen molar-refractivity contribution in [3.63, 3.8) is 0 Å². The molecule has 1 aromatic carbocycles. The quantitative estimate of drug-likeness (QED) is 0.766. The topological polar surface area (TPSA) is 71.2 Å². The van der Waals surface area contributed by atoms with Gasteiger partial charge in [0.1, 0.15) is 11.6 Å². The molecule has 0 radical (unpaired) electrons. The number of aromatic hydroxyl groups is 1. The van der Waals surface area contributed by atoms with E-state index in [1.54, 1.807) is 18.3 Å². The summed E-state index contributed by atoms with van der Waals surface area (Å²) in [5.41, 5.74) is 8.35. The Kier molecular flexibility index (Phi) is 3.48. The second-order valence-electron chi connectivity index (χ2n) is 3.93. The van der Waals surface area contributed by atoms with Gasteiger partial charge in [-0.15, -0.1) is 0 Å². The monoisotopic (exact) mass is 241 g/mol. The summed E-state index contributed by atoms with van der Waals surface area (Å²) < 4.78 is 0. The van der Waals surface area contributed by atoms with E-state index < -0.39 is 0 Å². The molecule has 18 heavy (non-hydrogen) atoms. The summed E-state index contributed by atoms with van der Waals surface area (Å²) >= 11 is 0. The minimum Gasteiger partial charge on any atom is -0.508 e. The van der Waals surface area contributed by atoms with E-state index in [0.29, 0.717) is 12.4 Å². The number of hydrogen-bond donors (Lipinski definition) is 3. The second kappa shape index (κ2) is 5.23. The molecule has 2 aromatic rings. The van der Waals surface area contributed by atoms with Gasteiger partial charge in [-0.25, -0.2) is 4.98 Å². The zero-order valence-corrected chi connectivity index (χ0v) is 9.93. The van der Waals surface area contributed by atoms with E-state index in [0.717, 1.165) is 16.8 Å². The molecule has 0 amide bonds. The molecule has 0 bridgehead atoms. The molecule has 0 aliphatic heterocycles. The van der Waals surface area contributed by atoms with Gasteiger partial charge in [0.05, 0.1) is 0 Å². The van der Waals surface area contributed by atoms with Crippen LogP contribution in [0.5, 0.6) is 5.75 Å². The SMILES string of the molecule is C=C(NCc1ccc(O)cc1)c1cccnc1N.